The lowest BCUT2D eigenvalue weighted by Gasteiger charge is -2.12. The molecular formula is C41H27ClN2O2. The Morgan fingerprint density at radius 1 is 0.435 bits per heavy atom. The summed E-state index contributed by atoms with van der Waals surface area (Å²) in [7, 11) is 0. The number of imidazole rings is 1. The van der Waals surface area contributed by atoms with Crippen molar-refractivity contribution in [3.05, 3.63) is 163 Å². The van der Waals surface area contributed by atoms with Crippen molar-refractivity contribution in [3.63, 3.8) is 0 Å². The van der Waals surface area contributed by atoms with Crippen LogP contribution < -0.4 is 9.47 Å². The summed E-state index contributed by atoms with van der Waals surface area (Å²) in [6.07, 6.45) is 0. The van der Waals surface area contributed by atoms with E-state index in [1.807, 2.05) is 121 Å². The predicted octanol–water partition coefficient (Wildman–Crippen LogP) is 12.0. The molecule has 0 atom stereocenters. The van der Waals surface area contributed by atoms with Gasteiger partial charge in [-0.05, 0) is 83.6 Å². The number of hydrogen-bond donors (Lipinski definition) is 1. The lowest BCUT2D eigenvalue weighted by atomic mass is 9.96. The monoisotopic (exact) mass is 614 g/mol. The Morgan fingerprint density at radius 2 is 0.848 bits per heavy atom. The van der Waals surface area contributed by atoms with Gasteiger partial charge in [-0.15, -0.1) is 0 Å². The van der Waals surface area contributed by atoms with Crippen molar-refractivity contribution < 1.29 is 9.47 Å². The van der Waals surface area contributed by atoms with E-state index >= 15 is 0 Å². The van der Waals surface area contributed by atoms with Crippen molar-refractivity contribution in [2.24, 2.45) is 0 Å². The molecule has 0 fully saturated rings. The number of para-hydroxylation sites is 2. The number of halogens is 1. The summed E-state index contributed by atoms with van der Waals surface area (Å²) < 4.78 is 12.1. The summed E-state index contributed by atoms with van der Waals surface area (Å²) in [6.45, 7) is 0. The van der Waals surface area contributed by atoms with E-state index in [1.54, 1.807) is 0 Å². The van der Waals surface area contributed by atoms with E-state index in [2.05, 4.69) is 41.4 Å². The third kappa shape index (κ3) is 5.25. The molecule has 0 aliphatic rings. The Balaban J connectivity index is 1.26. The zero-order chi connectivity index (χ0) is 30.9. The fourth-order valence-electron chi connectivity index (χ4n) is 5.86. The van der Waals surface area contributed by atoms with Gasteiger partial charge in [-0.1, -0.05) is 96.5 Å². The normalized spacial score (nSPS) is 11.2. The molecule has 46 heavy (non-hydrogen) atoms. The fraction of sp³-hybridized carbons (Fsp3) is 0. The molecule has 220 valence electrons. The Kier molecular flexibility index (Phi) is 7.18. The van der Waals surface area contributed by atoms with Crippen LogP contribution in [0, 0.1) is 0 Å². The van der Waals surface area contributed by atoms with Crippen LogP contribution in [0.25, 0.3) is 55.4 Å². The number of rotatable bonds is 7. The molecule has 1 N–H and O–H groups in total. The first-order valence-electron chi connectivity index (χ1n) is 15.1. The first-order chi connectivity index (χ1) is 22.7. The first kappa shape index (κ1) is 27.7. The molecule has 0 spiro atoms. The first-order valence-corrected chi connectivity index (χ1v) is 15.4. The van der Waals surface area contributed by atoms with Crippen LogP contribution >= 0.6 is 11.6 Å². The molecule has 8 rings (SSSR count). The summed E-state index contributed by atoms with van der Waals surface area (Å²) in [4.78, 5) is 9.00. The summed E-state index contributed by atoms with van der Waals surface area (Å²) in [5.74, 6) is 3.86. The van der Waals surface area contributed by atoms with Crippen LogP contribution in [0.1, 0.15) is 0 Å². The largest absolute Gasteiger partial charge is 0.457 e. The quantitative estimate of drug-likeness (QED) is 0.182. The van der Waals surface area contributed by atoms with E-state index in [0.717, 1.165) is 83.5 Å². The molecule has 0 amide bonds. The number of H-pyrrole nitrogens is 1. The minimum absolute atomic E-state index is 0.741. The second-order valence-corrected chi connectivity index (χ2v) is 11.3. The Morgan fingerprint density at radius 3 is 1.35 bits per heavy atom. The zero-order valence-corrected chi connectivity index (χ0v) is 25.4. The highest BCUT2D eigenvalue weighted by atomic mass is 35.5. The van der Waals surface area contributed by atoms with Crippen molar-refractivity contribution in [3.8, 4) is 56.9 Å². The van der Waals surface area contributed by atoms with Crippen molar-refractivity contribution in [2.75, 3.05) is 0 Å². The van der Waals surface area contributed by atoms with E-state index < -0.39 is 0 Å². The van der Waals surface area contributed by atoms with Crippen LogP contribution in [-0.4, -0.2) is 9.97 Å². The van der Waals surface area contributed by atoms with Gasteiger partial charge in [0.2, 0.25) is 0 Å². The van der Waals surface area contributed by atoms with E-state index in [1.165, 1.54) is 0 Å². The second-order valence-electron chi connectivity index (χ2n) is 11.0. The number of nitrogens with zero attached hydrogens (tertiary/aromatic N) is 1. The molecule has 1 aromatic heterocycles. The average molecular weight is 615 g/mol. The molecule has 4 nitrogen and oxygen atoms in total. The number of hydrogen-bond acceptors (Lipinski definition) is 3. The van der Waals surface area contributed by atoms with E-state index in [9.17, 15) is 0 Å². The SMILES string of the molecule is Clc1c2ccccc2c(-c2nc(-c3ccc(Oc4ccccc4)cc3)c(-c3ccc(Oc4ccccc4)cc3)[nH]2)c2ccccc12. The number of ether oxygens (including phenoxy) is 2. The summed E-state index contributed by atoms with van der Waals surface area (Å²) in [5.41, 5.74) is 4.70. The van der Waals surface area contributed by atoms with E-state index in [0.29, 0.717) is 0 Å². The van der Waals surface area contributed by atoms with Gasteiger partial charge in [-0.3, -0.25) is 0 Å². The molecular weight excluding hydrogens is 588 g/mol. The smallest absolute Gasteiger partial charge is 0.139 e. The van der Waals surface area contributed by atoms with Gasteiger partial charge in [-0.25, -0.2) is 4.98 Å². The highest BCUT2D eigenvalue weighted by Gasteiger charge is 2.20. The molecule has 0 bridgehead atoms. The van der Waals surface area contributed by atoms with Crippen molar-refractivity contribution in [1.29, 1.82) is 0 Å². The molecule has 0 saturated carbocycles. The lowest BCUT2D eigenvalue weighted by molar-refractivity contribution is 0.482. The minimum atomic E-state index is 0.741. The highest BCUT2D eigenvalue weighted by molar-refractivity contribution is 6.42. The third-order valence-electron chi connectivity index (χ3n) is 8.03. The molecule has 1 heterocycles. The third-order valence-corrected chi connectivity index (χ3v) is 8.44. The van der Waals surface area contributed by atoms with Gasteiger partial charge >= 0.3 is 0 Å². The number of nitrogens with one attached hydrogen (secondary N) is 1. The van der Waals surface area contributed by atoms with Crippen LogP contribution in [0.2, 0.25) is 5.02 Å². The van der Waals surface area contributed by atoms with Crippen LogP contribution in [0.15, 0.2) is 158 Å². The van der Waals surface area contributed by atoms with Gasteiger partial charge in [0.15, 0.2) is 0 Å². The maximum Gasteiger partial charge on any atom is 0.139 e. The summed E-state index contributed by atoms with van der Waals surface area (Å²) in [5, 5.41) is 4.79. The molecule has 5 heteroatoms. The molecule has 0 unspecified atom stereocenters. The maximum atomic E-state index is 6.95. The van der Waals surface area contributed by atoms with Gasteiger partial charge < -0.3 is 14.5 Å². The Hall–Kier alpha value is -5.84. The molecule has 8 aromatic rings. The summed E-state index contributed by atoms with van der Waals surface area (Å²) in [6, 6.07) is 52.2. The Bertz CT molecular complexity index is 2140. The van der Waals surface area contributed by atoms with Crippen molar-refractivity contribution in [1.82, 2.24) is 9.97 Å². The number of aromatic nitrogens is 2. The Labute approximate surface area is 271 Å². The number of aromatic amines is 1. The standard InChI is InChI=1S/C41H27ClN2O2/c42-38-35-17-9-7-15-33(35)37(34-16-8-10-18-36(34)38)41-43-39(27-19-23-31(24-20-27)45-29-11-3-1-4-12-29)40(44-41)28-21-25-32(26-22-28)46-30-13-5-2-6-14-30/h1-26H,(H,43,44). The highest BCUT2D eigenvalue weighted by Crippen LogP contribution is 2.43. The maximum absolute atomic E-state index is 6.95. The van der Waals surface area contributed by atoms with Crippen molar-refractivity contribution in [2.45, 2.75) is 0 Å². The molecule has 0 aliphatic heterocycles. The fourth-order valence-corrected chi connectivity index (χ4v) is 6.19. The van der Waals surface area contributed by atoms with E-state index in [4.69, 9.17) is 26.1 Å². The van der Waals surface area contributed by atoms with Crippen LogP contribution in [-0.2, 0) is 0 Å². The molecule has 0 radical (unpaired) electrons. The van der Waals surface area contributed by atoms with Gasteiger partial charge in [0.25, 0.3) is 0 Å². The van der Waals surface area contributed by atoms with Gasteiger partial charge in [0, 0.05) is 27.5 Å². The van der Waals surface area contributed by atoms with Gasteiger partial charge in [0.05, 0.1) is 16.4 Å². The topological polar surface area (TPSA) is 47.1 Å². The van der Waals surface area contributed by atoms with E-state index in [-0.39, 0.29) is 0 Å². The predicted molar refractivity (Wildman–Crippen MR) is 188 cm³/mol. The zero-order valence-electron chi connectivity index (χ0n) is 24.7. The number of fused-ring (bicyclic) bond motifs is 2. The van der Waals surface area contributed by atoms with Gasteiger partial charge in [0.1, 0.15) is 28.8 Å². The van der Waals surface area contributed by atoms with Crippen LogP contribution in [0.5, 0.6) is 23.0 Å². The molecule has 7 aromatic carbocycles. The lowest BCUT2D eigenvalue weighted by Crippen LogP contribution is -1.89. The molecule has 0 aliphatic carbocycles. The van der Waals surface area contributed by atoms with Gasteiger partial charge in [-0.2, -0.15) is 0 Å². The summed E-state index contributed by atoms with van der Waals surface area (Å²) >= 11 is 6.95. The van der Waals surface area contributed by atoms with Crippen LogP contribution in [0.3, 0.4) is 0 Å². The second kappa shape index (κ2) is 11.9. The number of benzene rings is 7. The average Bonchev–Trinajstić information content (AvgIpc) is 3.55. The minimum Gasteiger partial charge on any atom is -0.457 e. The van der Waals surface area contributed by atoms with Crippen molar-refractivity contribution >= 4 is 33.1 Å². The molecule has 0 saturated heterocycles. The van der Waals surface area contributed by atoms with Crippen LogP contribution in [0.4, 0.5) is 0 Å².